The molecule has 0 radical (unpaired) electrons. The van der Waals surface area contributed by atoms with E-state index in [0.717, 1.165) is 5.56 Å². The molecule has 0 amide bonds. The molecule has 144 valence electrons. The first-order chi connectivity index (χ1) is 13.3. The van der Waals surface area contributed by atoms with E-state index in [1.807, 2.05) is 45.0 Å². The summed E-state index contributed by atoms with van der Waals surface area (Å²) < 4.78 is 12.5. The number of hydrogen-bond donors (Lipinski definition) is 1. The first kappa shape index (κ1) is 19.9. The molecule has 6 heteroatoms. The Kier molecular flexibility index (Phi) is 4.70. The van der Waals surface area contributed by atoms with Gasteiger partial charge in [-0.15, -0.1) is 0 Å². The van der Waals surface area contributed by atoms with Gasteiger partial charge in [0.05, 0.1) is 30.2 Å². The Morgan fingerprint density at radius 3 is 2.11 bits per heavy atom. The standard InChI is InChI=1S/C22H24N4O2/c1-5-16(6-2)18-20(11-23,12-24)21(13-25)15(4)22(27-18,28-19(21)26)17-9-7-14(3)8-10-17/h7-10,15-16,18,26H,5-6H2,1-4H3. The van der Waals surface area contributed by atoms with Gasteiger partial charge in [0.2, 0.25) is 11.7 Å². The number of ether oxygens (including phenoxy) is 2. The van der Waals surface area contributed by atoms with E-state index in [-0.39, 0.29) is 11.8 Å². The summed E-state index contributed by atoms with van der Waals surface area (Å²) in [5.74, 6) is -2.56. The van der Waals surface area contributed by atoms with Crippen molar-refractivity contribution in [1.29, 1.82) is 21.2 Å². The number of nitrogens with one attached hydrogen (secondary N) is 1. The zero-order valence-electron chi connectivity index (χ0n) is 16.6. The van der Waals surface area contributed by atoms with Gasteiger partial charge in [-0.05, 0) is 12.8 Å². The molecule has 2 saturated heterocycles. The Bertz CT molecular complexity index is 902. The fourth-order valence-corrected chi connectivity index (χ4v) is 4.84. The molecule has 1 N–H and O–H groups in total. The van der Waals surface area contributed by atoms with Crippen LogP contribution in [0, 0.1) is 69.0 Å². The van der Waals surface area contributed by atoms with E-state index < -0.39 is 28.6 Å². The minimum absolute atomic E-state index is 0.126. The molecule has 1 aromatic carbocycles. The molecule has 4 unspecified atom stereocenters. The van der Waals surface area contributed by atoms with Crippen molar-refractivity contribution in [2.45, 2.75) is 52.4 Å². The van der Waals surface area contributed by atoms with Gasteiger partial charge in [-0.3, -0.25) is 5.41 Å². The Hall–Kier alpha value is -2.88. The van der Waals surface area contributed by atoms with Gasteiger partial charge in [-0.1, -0.05) is 63.4 Å². The van der Waals surface area contributed by atoms with Gasteiger partial charge < -0.3 is 9.47 Å². The summed E-state index contributed by atoms with van der Waals surface area (Å²) in [6.07, 6.45) is 0.511. The number of fused-ring (bicyclic) bond motifs is 2. The largest absolute Gasteiger partial charge is 0.443 e. The summed E-state index contributed by atoms with van der Waals surface area (Å²) in [6, 6.07) is 13.9. The highest BCUT2D eigenvalue weighted by atomic mass is 16.7. The highest BCUT2D eigenvalue weighted by Crippen LogP contribution is 2.66. The van der Waals surface area contributed by atoms with Gasteiger partial charge in [-0.2, -0.15) is 15.8 Å². The number of benzene rings is 1. The SMILES string of the molecule is CCC(CC)C1OC2(c3ccc(C)cc3)OC(=N)C(C#N)(C2C)C1(C#N)C#N. The zero-order chi connectivity index (χ0) is 20.7. The van der Waals surface area contributed by atoms with E-state index in [2.05, 4.69) is 18.2 Å². The van der Waals surface area contributed by atoms with Crippen molar-refractivity contribution in [1.82, 2.24) is 0 Å². The lowest BCUT2D eigenvalue weighted by Gasteiger charge is -2.50. The molecule has 1 aromatic rings. The summed E-state index contributed by atoms with van der Waals surface area (Å²) in [4.78, 5) is 0. The molecule has 2 fully saturated rings. The van der Waals surface area contributed by atoms with Crippen molar-refractivity contribution >= 4 is 5.90 Å². The lowest BCUT2D eigenvalue weighted by molar-refractivity contribution is -0.296. The van der Waals surface area contributed by atoms with Crippen molar-refractivity contribution < 1.29 is 9.47 Å². The molecule has 2 aliphatic heterocycles. The Labute approximate surface area is 165 Å². The third-order valence-electron chi connectivity index (χ3n) is 6.64. The van der Waals surface area contributed by atoms with Gasteiger partial charge in [0, 0.05) is 5.56 Å². The predicted molar refractivity (Wildman–Crippen MR) is 101 cm³/mol. The van der Waals surface area contributed by atoms with E-state index in [1.165, 1.54) is 0 Å². The van der Waals surface area contributed by atoms with Gasteiger partial charge in [0.25, 0.3) is 0 Å². The molecule has 0 aliphatic carbocycles. The zero-order valence-corrected chi connectivity index (χ0v) is 16.6. The summed E-state index contributed by atoms with van der Waals surface area (Å²) >= 11 is 0. The van der Waals surface area contributed by atoms with Gasteiger partial charge in [0.15, 0.2) is 10.8 Å². The second-order valence-electron chi connectivity index (χ2n) is 7.75. The third kappa shape index (κ3) is 2.12. The average molecular weight is 376 g/mol. The van der Waals surface area contributed by atoms with Gasteiger partial charge in [0.1, 0.15) is 0 Å². The number of nitrogens with zero attached hydrogens (tertiary/aromatic N) is 3. The number of rotatable bonds is 4. The maximum Gasteiger partial charge on any atom is 0.243 e. The molecule has 2 bridgehead atoms. The molecule has 6 nitrogen and oxygen atoms in total. The maximum atomic E-state index is 10.2. The van der Waals surface area contributed by atoms with Crippen LogP contribution in [0.15, 0.2) is 24.3 Å². The third-order valence-corrected chi connectivity index (χ3v) is 6.64. The molecule has 28 heavy (non-hydrogen) atoms. The van der Waals surface area contributed by atoms with Crippen molar-refractivity contribution in [3.05, 3.63) is 35.4 Å². The van der Waals surface area contributed by atoms with Crippen LogP contribution in [-0.2, 0) is 15.3 Å². The second kappa shape index (κ2) is 6.62. The van der Waals surface area contributed by atoms with Crippen molar-refractivity contribution in [2.24, 2.45) is 22.7 Å². The van der Waals surface area contributed by atoms with Crippen LogP contribution in [0.1, 0.15) is 44.7 Å². The maximum absolute atomic E-state index is 10.2. The number of nitriles is 3. The van der Waals surface area contributed by atoms with E-state index in [0.29, 0.717) is 18.4 Å². The van der Waals surface area contributed by atoms with Crippen LogP contribution < -0.4 is 0 Å². The Morgan fingerprint density at radius 1 is 1.07 bits per heavy atom. The molecule has 4 atom stereocenters. The van der Waals surface area contributed by atoms with Crippen LogP contribution >= 0.6 is 0 Å². The minimum Gasteiger partial charge on any atom is -0.443 e. The predicted octanol–water partition coefficient (Wildman–Crippen LogP) is 4.17. The smallest absolute Gasteiger partial charge is 0.243 e. The molecule has 3 rings (SSSR count). The summed E-state index contributed by atoms with van der Waals surface area (Å²) in [5, 5.41) is 39.1. The second-order valence-corrected chi connectivity index (χ2v) is 7.75. The first-order valence-electron chi connectivity index (χ1n) is 9.60. The summed E-state index contributed by atoms with van der Waals surface area (Å²) in [6.45, 7) is 7.64. The van der Waals surface area contributed by atoms with Crippen LogP contribution in [0.3, 0.4) is 0 Å². The molecule has 2 heterocycles. The number of aryl methyl sites for hydroxylation is 1. The van der Waals surface area contributed by atoms with Crippen LogP contribution in [0.2, 0.25) is 0 Å². The fourth-order valence-electron chi connectivity index (χ4n) is 4.84. The van der Waals surface area contributed by atoms with E-state index in [4.69, 9.17) is 14.9 Å². The first-order valence-corrected chi connectivity index (χ1v) is 9.60. The normalized spacial score (nSPS) is 32.9. The van der Waals surface area contributed by atoms with Crippen molar-refractivity contribution in [3.8, 4) is 18.2 Å². The van der Waals surface area contributed by atoms with Crippen LogP contribution in [0.4, 0.5) is 0 Å². The quantitative estimate of drug-likeness (QED) is 0.847. The highest BCUT2D eigenvalue weighted by Gasteiger charge is 2.80. The molecular weight excluding hydrogens is 352 g/mol. The fraction of sp³-hybridized carbons (Fsp3) is 0.545. The van der Waals surface area contributed by atoms with Crippen LogP contribution in [-0.4, -0.2) is 12.0 Å². The lowest BCUT2D eigenvalue weighted by Crippen LogP contribution is -2.62. The van der Waals surface area contributed by atoms with Gasteiger partial charge in [-0.25, -0.2) is 0 Å². The molecule has 2 aliphatic rings. The Balaban J connectivity index is 2.33. The van der Waals surface area contributed by atoms with E-state index in [1.54, 1.807) is 6.92 Å². The van der Waals surface area contributed by atoms with Crippen molar-refractivity contribution in [3.63, 3.8) is 0 Å². The topological polar surface area (TPSA) is 114 Å². The summed E-state index contributed by atoms with van der Waals surface area (Å²) in [5.41, 5.74) is -1.77. The molecular formula is C22H24N4O2. The number of hydrogen-bond acceptors (Lipinski definition) is 6. The average Bonchev–Trinajstić information content (AvgIpc) is 2.86. The van der Waals surface area contributed by atoms with Crippen LogP contribution in [0.25, 0.3) is 0 Å². The molecule has 0 spiro atoms. The minimum atomic E-state index is -1.82. The summed E-state index contributed by atoms with van der Waals surface area (Å²) in [7, 11) is 0. The van der Waals surface area contributed by atoms with E-state index in [9.17, 15) is 15.8 Å². The Morgan fingerprint density at radius 2 is 1.64 bits per heavy atom. The van der Waals surface area contributed by atoms with Crippen molar-refractivity contribution in [2.75, 3.05) is 0 Å². The molecule has 0 saturated carbocycles. The van der Waals surface area contributed by atoms with E-state index >= 15 is 0 Å². The molecule has 0 aromatic heterocycles. The lowest BCUT2D eigenvalue weighted by atomic mass is 9.52. The highest BCUT2D eigenvalue weighted by molar-refractivity contribution is 5.89. The van der Waals surface area contributed by atoms with Gasteiger partial charge >= 0.3 is 0 Å². The van der Waals surface area contributed by atoms with Crippen LogP contribution in [0.5, 0.6) is 0 Å². The monoisotopic (exact) mass is 376 g/mol.